The Balaban J connectivity index is 2.19. The maximum atomic E-state index is 13.7. The number of benzene rings is 2. The summed E-state index contributed by atoms with van der Waals surface area (Å²) in [6.07, 6.45) is 0. The smallest absolute Gasteiger partial charge is 0.161 e. The lowest BCUT2D eigenvalue weighted by atomic mass is 10.2. The summed E-state index contributed by atoms with van der Waals surface area (Å²) >= 11 is 5.96. The zero-order valence-corrected chi connectivity index (χ0v) is 12.4. The Kier molecular flexibility index (Phi) is 5.42. The summed E-state index contributed by atoms with van der Waals surface area (Å²) in [5, 5.41) is 9.46. The number of aliphatic hydroxyl groups excluding tert-OH is 1. The van der Waals surface area contributed by atoms with E-state index in [0.717, 1.165) is 5.56 Å². The first kappa shape index (κ1) is 15.6. The lowest BCUT2D eigenvalue weighted by Crippen LogP contribution is -2.02. The highest BCUT2D eigenvalue weighted by molar-refractivity contribution is 6.31. The van der Waals surface area contributed by atoms with E-state index < -0.39 is 5.82 Å². The second-order valence-electron chi connectivity index (χ2n) is 4.36. The molecule has 0 aliphatic carbocycles. The van der Waals surface area contributed by atoms with Crippen LogP contribution in [0.1, 0.15) is 18.1 Å². The third kappa shape index (κ3) is 3.86. The molecule has 0 heterocycles. The van der Waals surface area contributed by atoms with Crippen molar-refractivity contribution in [2.75, 3.05) is 6.61 Å². The van der Waals surface area contributed by atoms with Crippen LogP contribution in [0.15, 0.2) is 36.4 Å². The van der Waals surface area contributed by atoms with Crippen LogP contribution >= 0.6 is 11.6 Å². The fourth-order valence-corrected chi connectivity index (χ4v) is 2.08. The molecule has 3 nitrogen and oxygen atoms in total. The number of halogens is 2. The summed E-state index contributed by atoms with van der Waals surface area (Å²) in [5.41, 5.74) is 1.02. The maximum absolute atomic E-state index is 13.7. The van der Waals surface area contributed by atoms with Crippen LogP contribution in [0, 0.1) is 5.82 Å². The molecular formula is C16H16ClFO3. The van der Waals surface area contributed by atoms with E-state index in [1.54, 1.807) is 30.3 Å². The van der Waals surface area contributed by atoms with Gasteiger partial charge in [-0.2, -0.15) is 0 Å². The van der Waals surface area contributed by atoms with Crippen molar-refractivity contribution in [3.8, 4) is 11.5 Å². The largest absolute Gasteiger partial charge is 0.490 e. The molecule has 0 unspecified atom stereocenters. The molecular weight excluding hydrogens is 295 g/mol. The molecule has 5 heteroatoms. The minimum atomic E-state index is -0.410. The van der Waals surface area contributed by atoms with Crippen molar-refractivity contribution >= 4 is 11.6 Å². The van der Waals surface area contributed by atoms with Crippen LogP contribution in [-0.2, 0) is 13.2 Å². The summed E-state index contributed by atoms with van der Waals surface area (Å²) < 4.78 is 24.8. The van der Waals surface area contributed by atoms with Crippen LogP contribution in [0.4, 0.5) is 4.39 Å². The molecule has 0 atom stereocenters. The van der Waals surface area contributed by atoms with Gasteiger partial charge in [0.1, 0.15) is 12.4 Å². The molecule has 0 bridgehead atoms. The second-order valence-corrected chi connectivity index (χ2v) is 4.77. The molecule has 2 aromatic rings. The van der Waals surface area contributed by atoms with Gasteiger partial charge in [-0.1, -0.05) is 23.7 Å². The molecule has 112 valence electrons. The molecule has 0 aliphatic rings. The second kappa shape index (κ2) is 7.29. The van der Waals surface area contributed by atoms with Gasteiger partial charge in [-0.25, -0.2) is 4.39 Å². The van der Waals surface area contributed by atoms with Crippen LogP contribution in [0.2, 0.25) is 5.02 Å². The Labute approximate surface area is 127 Å². The molecule has 0 amide bonds. The van der Waals surface area contributed by atoms with E-state index in [1.807, 2.05) is 6.92 Å². The van der Waals surface area contributed by atoms with Crippen LogP contribution in [0.5, 0.6) is 11.5 Å². The average Bonchev–Trinajstić information content (AvgIpc) is 2.48. The van der Waals surface area contributed by atoms with Crippen molar-refractivity contribution in [3.63, 3.8) is 0 Å². The van der Waals surface area contributed by atoms with Crippen molar-refractivity contribution < 1.29 is 19.0 Å². The molecule has 2 aromatic carbocycles. The van der Waals surface area contributed by atoms with Gasteiger partial charge in [-0.3, -0.25) is 0 Å². The molecule has 0 spiro atoms. The molecule has 0 saturated heterocycles. The number of rotatable bonds is 6. The average molecular weight is 311 g/mol. The number of aliphatic hydroxyl groups is 1. The SMILES string of the molecule is CCOc1cc(CO)ccc1OCc1c(F)cccc1Cl. The maximum Gasteiger partial charge on any atom is 0.161 e. The van der Waals surface area contributed by atoms with Gasteiger partial charge in [-0.15, -0.1) is 0 Å². The van der Waals surface area contributed by atoms with Gasteiger partial charge in [0.2, 0.25) is 0 Å². The van der Waals surface area contributed by atoms with Crippen LogP contribution in [0.3, 0.4) is 0 Å². The Hall–Kier alpha value is -1.78. The molecule has 2 rings (SSSR count). The van der Waals surface area contributed by atoms with Crippen molar-refractivity contribution in [2.24, 2.45) is 0 Å². The fourth-order valence-electron chi connectivity index (χ4n) is 1.86. The lowest BCUT2D eigenvalue weighted by Gasteiger charge is -2.14. The van der Waals surface area contributed by atoms with Crippen LogP contribution in [0.25, 0.3) is 0 Å². The predicted molar refractivity (Wildman–Crippen MR) is 79.3 cm³/mol. The summed E-state index contributed by atoms with van der Waals surface area (Å²) in [6, 6.07) is 9.60. The van der Waals surface area contributed by atoms with E-state index in [4.69, 9.17) is 26.2 Å². The summed E-state index contributed by atoms with van der Waals surface area (Å²) in [5.74, 6) is 0.581. The summed E-state index contributed by atoms with van der Waals surface area (Å²) in [6.45, 7) is 2.23. The molecule has 0 saturated carbocycles. The Morgan fingerprint density at radius 1 is 1.14 bits per heavy atom. The topological polar surface area (TPSA) is 38.7 Å². The minimum Gasteiger partial charge on any atom is -0.490 e. The van der Waals surface area contributed by atoms with Crippen molar-refractivity contribution in [1.82, 2.24) is 0 Å². The van der Waals surface area contributed by atoms with Gasteiger partial charge in [0.15, 0.2) is 11.5 Å². The monoisotopic (exact) mass is 310 g/mol. The quantitative estimate of drug-likeness (QED) is 0.878. The number of ether oxygens (including phenoxy) is 2. The first-order valence-electron chi connectivity index (χ1n) is 6.58. The van der Waals surface area contributed by atoms with Gasteiger partial charge in [0, 0.05) is 5.56 Å². The standard InChI is InChI=1S/C16H16ClFO3/c1-2-20-16-8-11(9-19)6-7-15(16)21-10-12-13(17)4-3-5-14(12)18/h3-8,19H,2,9-10H2,1H3. The van der Waals surface area contributed by atoms with Gasteiger partial charge < -0.3 is 14.6 Å². The summed E-state index contributed by atoms with van der Waals surface area (Å²) in [7, 11) is 0. The highest BCUT2D eigenvalue weighted by Crippen LogP contribution is 2.30. The normalized spacial score (nSPS) is 10.5. The van der Waals surface area contributed by atoms with Crippen molar-refractivity contribution in [3.05, 3.63) is 58.4 Å². The molecule has 0 aliphatic heterocycles. The summed E-state index contributed by atoms with van der Waals surface area (Å²) in [4.78, 5) is 0. The van der Waals surface area contributed by atoms with E-state index in [9.17, 15) is 4.39 Å². The zero-order valence-electron chi connectivity index (χ0n) is 11.6. The third-order valence-electron chi connectivity index (χ3n) is 2.92. The Bertz CT molecular complexity index is 596. The first-order chi connectivity index (χ1) is 10.2. The Morgan fingerprint density at radius 3 is 2.62 bits per heavy atom. The zero-order chi connectivity index (χ0) is 15.2. The van der Waals surface area contributed by atoms with E-state index in [1.165, 1.54) is 6.07 Å². The molecule has 1 N–H and O–H groups in total. The van der Waals surface area contributed by atoms with E-state index in [0.29, 0.717) is 28.7 Å². The van der Waals surface area contributed by atoms with Crippen LogP contribution in [-0.4, -0.2) is 11.7 Å². The van der Waals surface area contributed by atoms with E-state index >= 15 is 0 Å². The number of hydrogen-bond donors (Lipinski definition) is 1. The van der Waals surface area contributed by atoms with E-state index in [-0.39, 0.29) is 13.2 Å². The predicted octanol–water partition coefficient (Wildman–Crippen LogP) is 3.95. The molecule has 0 aromatic heterocycles. The van der Waals surface area contributed by atoms with Gasteiger partial charge >= 0.3 is 0 Å². The number of hydrogen-bond acceptors (Lipinski definition) is 3. The highest BCUT2D eigenvalue weighted by atomic mass is 35.5. The van der Waals surface area contributed by atoms with Gasteiger partial charge in [0.05, 0.1) is 18.2 Å². The third-order valence-corrected chi connectivity index (χ3v) is 3.28. The first-order valence-corrected chi connectivity index (χ1v) is 6.95. The van der Waals surface area contributed by atoms with E-state index in [2.05, 4.69) is 0 Å². The highest BCUT2D eigenvalue weighted by Gasteiger charge is 2.11. The molecule has 0 fully saturated rings. The van der Waals surface area contributed by atoms with Crippen molar-refractivity contribution in [2.45, 2.75) is 20.1 Å². The molecule has 0 radical (unpaired) electrons. The van der Waals surface area contributed by atoms with Crippen molar-refractivity contribution in [1.29, 1.82) is 0 Å². The lowest BCUT2D eigenvalue weighted by molar-refractivity contribution is 0.261. The molecule has 21 heavy (non-hydrogen) atoms. The fraction of sp³-hybridized carbons (Fsp3) is 0.250. The van der Waals surface area contributed by atoms with Crippen LogP contribution < -0.4 is 9.47 Å². The van der Waals surface area contributed by atoms with Gasteiger partial charge in [0.25, 0.3) is 0 Å². The minimum absolute atomic E-state index is 0.00402. The van der Waals surface area contributed by atoms with Gasteiger partial charge in [-0.05, 0) is 36.8 Å². The Morgan fingerprint density at radius 2 is 1.95 bits per heavy atom.